The molecule has 69 heavy (non-hydrogen) atoms. The van der Waals surface area contributed by atoms with Crippen molar-refractivity contribution in [1.82, 2.24) is 5.32 Å². The number of Topliss-reactive ketones (excluding diaryl/α,β-unsaturated/α-hetero) is 3. The van der Waals surface area contributed by atoms with Crippen LogP contribution in [0.1, 0.15) is 101 Å². The number of esters is 2. The third-order valence-corrected chi connectivity index (χ3v) is 13.3. The monoisotopic (exact) mass is 968 g/mol. The Labute approximate surface area is 405 Å². The van der Waals surface area contributed by atoms with Crippen LogP contribution in [0.5, 0.6) is 17.2 Å². The van der Waals surface area contributed by atoms with Crippen molar-refractivity contribution < 1.29 is 67.4 Å². The normalized spacial score (nSPS) is 28.1. The summed E-state index contributed by atoms with van der Waals surface area (Å²) in [7, 11) is 2.88. The van der Waals surface area contributed by atoms with E-state index in [2.05, 4.69) is 10.6 Å². The molecule has 4 aliphatic rings. The van der Waals surface area contributed by atoms with Crippen molar-refractivity contribution >= 4 is 52.5 Å². The predicted octanol–water partition coefficient (Wildman–Crippen LogP) is 7.55. The molecular weight excluding hydrogens is 912 g/mol. The zero-order chi connectivity index (χ0) is 50.8. The van der Waals surface area contributed by atoms with Crippen molar-refractivity contribution in [3.8, 4) is 17.2 Å². The number of aryl methyl sites for hydroxylation is 1. The lowest BCUT2D eigenvalue weighted by atomic mass is 9.78. The number of carbonyl (C=O) groups excluding carboxylic acids is 6. The Morgan fingerprint density at radius 2 is 1.54 bits per heavy atom. The highest BCUT2D eigenvalue weighted by atomic mass is 35.5. The van der Waals surface area contributed by atoms with Crippen molar-refractivity contribution in [3.05, 3.63) is 128 Å². The topological polar surface area (TPSA) is 222 Å². The van der Waals surface area contributed by atoms with Crippen LogP contribution in [0.25, 0.3) is 0 Å². The largest absolute Gasteiger partial charge is 0.497 e. The molecule has 3 aromatic carbocycles. The van der Waals surface area contributed by atoms with Gasteiger partial charge in [-0.15, -0.1) is 0 Å². The number of aliphatic hydroxyl groups excluding tert-OH is 2. The van der Waals surface area contributed by atoms with Crippen LogP contribution in [-0.4, -0.2) is 89.8 Å². The Hall–Kier alpha value is -6.59. The average Bonchev–Trinajstić information content (AvgIpc) is 3.59. The van der Waals surface area contributed by atoms with Crippen molar-refractivity contribution in [3.63, 3.8) is 0 Å². The number of amides is 1. The van der Waals surface area contributed by atoms with Gasteiger partial charge in [0.25, 0.3) is 11.7 Å². The van der Waals surface area contributed by atoms with E-state index in [1.54, 1.807) is 71.0 Å². The van der Waals surface area contributed by atoms with Gasteiger partial charge < -0.3 is 49.3 Å². The number of rotatable bonds is 7. The fourth-order valence-corrected chi connectivity index (χ4v) is 8.80. The minimum Gasteiger partial charge on any atom is -0.497 e. The number of fused-ring (bicyclic) bond motifs is 14. The van der Waals surface area contributed by atoms with Crippen LogP contribution in [0.2, 0.25) is 5.02 Å². The zero-order valence-corrected chi connectivity index (χ0v) is 41.0. The lowest BCUT2D eigenvalue weighted by Crippen LogP contribution is -2.46. The Kier molecular flexibility index (Phi) is 15.7. The second-order valence-electron chi connectivity index (χ2n) is 17.7. The van der Waals surface area contributed by atoms with Crippen LogP contribution in [0, 0.1) is 37.5 Å². The van der Waals surface area contributed by atoms with Gasteiger partial charge in [0.1, 0.15) is 34.7 Å². The Morgan fingerprint density at radius 3 is 2.16 bits per heavy atom. The maximum atomic E-state index is 15.3. The van der Waals surface area contributed by atoms with Crippen LogP contribution in [0.4, 0.5) is 5.69 Å². The molecule has 0 unspecified atom stereocenters. The summed E-state index contributed by atoms with van der Waals surface area (Å²) in [4.78, 5) is 85.9. The molecule has 5 bridgehead atoms. The second kappa shape index (κ2) is 21.0. The molecular formula is C52H57ClN2O14. The summed E-state index contributed by atoms with van der Waals surface area (Å²) in [6, 6.07) is 10.8. The molecule has 3 aliphatic heterocycles. The van der Waals surface area contributed by atoms with E-state index in [1.807, 2.05) is 0 Å². The third kappa shape index (κ3) is 10.4. The molecule has 3 aromatic rings. The van der Waals surface area contributed by atoms with Crippen LogP contribution < -0.4 is 24.8 Å². The van der Waals surface area contributed by atoms with Crippen LogP contribution >= 0.6 is 11.6 Å². The fourth-order valence-electron chi connectivity index (χ4n) is 8.62. The van der Waals surface area contributed by atoms with E-state index in [9.17, 15) is 29.4 Å². The Bertz CT molecular complexity index is 2700. The fraction of sp³-hybridized carbons (Fsp3) is 0.385. The molecule has 0 radical (unpaired) electrons. The minimum absolute atomic E-state index is 0.00249. The average molecular weight is 969 g/mol. The number of halogens is 1. The number of nitrogens with one attached hydrogen (secondary N) is 2. The van der Waals surface area contributed by atoms with E-state index in [4.69, 9.17) is 40.0 Å². The van der Waals surface area contributed by atoms with Gasteiger partial charge in [-0.25, -0.2) is 4.79 Å². The second-order valence-corrected chi connectivity index (χ2v) is 18.1. The van der Waals surface area contributed by atoms with Gasteiger partial charge in [-0.3, -0.25) is 24.0 Å². The van der Waals surface area contributed by atoms with Gasteiger partial charge in [0, 0.05) is 66.5 Å². The molecule has 0 saturated heterocycles. The molecule has 0 aromatic heterocycles. The highest BCUT2D eigenvalue weighted by Gasteiger charge is 2.53. The van der Waals surface area contributed by atoms with E-state index in [0.717, 1.165) is 6.26 Å². The van der Waals surface area contributed by atoms with Gasteiger partial charge in [-0.2, -0.15) is 0 Å². The number of ether oxygens (including phenoxy) is 6. The molecule has 17 heteroatoms. The number of ketones is 3. The maximum absolute atomic E-state index is 15.3. The number of methoxy groups -OCH3 is 2. The molecule has 0 saturated carbocycles. The first-order valence-corrected chi connectivity index (χ1v) is 22.7. The lowest BCUT2D eigenvalue weighted by molar-refractivity contribution is -0.160. The molecule has 9 atom stereocenters. The van der Waals surface area contributed by atoms with Crippen LogP contribution in [0.15, 0.2) is 90.0 Å². The number of anilines is 1. The first-order valence-electron chi connectivity index (χ1n) is 22.3. The van der Waals surface area contributed by atoms with E-state index < -0.39 is 117 Å². The molecule has 366 valence electrons. The molecule has 3 heterocycles. The predicted molar refractivity (Wildman–Crippen MR) is 254 cm³/mol. The number of allylic oxidation sites excluding steroid dienone is 4. The quantitative estimate of drug-likeness (QED) is 0.133. The first-order chi connectivity index (χ1) is 32.5. The van der Waals surface area contributed by atoms with Gasteiger partial charge in [-0.1, -0.05) is 63.6 Å². The van der Waals surface area contributed by atoms with Crippen LogP contribution in [-0.2, 0) is 23.8 Å². The molecule has 4 N–H and O–H groups in total. The molecule has 0 fully saturated rings. The summed E-state index contributed by atoms with van der Waals surface area (Å²) in [5.74, 6) is -10.3. The summed E-state index contributed by atoms with van der Waals surface area (Å²) >= 11 is 6.38. The molecule has 16 nitrogen and oxygen atoms in total. The lowest BCUT2D eigenvalue weighted by Gasteiger charge is -2.38. The van der Waals surface area contributed by atoms with Crippen molar-refractivity contribution in [2.75, 3.05) is 19.5 Å². The van der Waals surface area contributed by atoms with Crippen molar-refractivity contribution in [2.45, 2.75) is 92.5 Å². The van der Waals surface area contributed by atoms with Gasteiger partial charge >= 0.3 is 17.7 Å². The summed E-state index contributed by atoms with van der Waals surface area (Å²) < 4.78 is 35.2. The van der Waals surface area contributed by atoms with Crippen molar-refractivity contribution in [2.24, 2.45) is 23.7 Å². The number of carbonyl (C=O) groups is 6. The highest BCUT2D eigenvalue weighted by Crippen LogP contribution is 2.49. The minimum atomic E-state index is -2.21. The number of hydrogen-bond donors (Lipinski definition) is 4. The van der Waals surface area contributed by atoms with E-state index >= 15 is 9.59 Å². The smallest absolute Gasteiger partial charge is 0.343 e. The van der Waals surface area contributed by atoms with E-state index in [-0.39, 0.29) is 38.7 Å². The number of hydrogen-bond acceptors (Lipinski definition) is 15. The van der Waals surface area contributed by atoms with Crippen molar-refractivity contribution in [1.29, 1.82) is 0 Å². The van der Waals surface area contributed by atoms with Crippen LogP contribution in [0.3, 0.4) is 0 Å². The van der Waals surface area contributed by atoms with E-state index in [0.29, 0.717) is 11.3 Å². The molecule has 0 spiro atoms. The molecule has 1 amide bonds. The standard InChI is InChI=1S/C52H57ClN2O14/c1-24-15-16-32(23-35(24)53)51(63)68-47-30(7)48-39-37-38(47)45(60)41(40(44(37)59)54-33-17-19-34(64-10)20-18-33)55-50(62)26(3)14-12-13-25(2)42(57)28(5)43(58)29(6)46(67-31(8)56)27(4)36(65-11)21-22-66-52(9,69-48)49(39)61/h12-23,25,27-29,36,42-43,46,54,57-58H,1-11H3,(H,55,62)/b13-12+,22-21+,26-14-/t25-,27+,28+,29-,36-,42-,43-,46+,52-/m0/s1. The third-order valence-electron chi connectivity index (χ3n) is 12.9. The Morgan fingerprint density at radius 1 is 0.855 bits per heavy atom. The van der Waals surface area contributed by atoms with Gasteiger partial charge in [0.2, 0.25) is 11.6 Å². The maximum Gasteiger partial charge on any atom is 0.343 e. The number of benzene rings is 3. The molecule has 7 rings (SSSR count). The first kappa shape index (κ1) is 51.8. The number of aliphatic hydroxyl groups is 2. The Balaban J connectivity index is 1.58. The van der Waals surface area contributed by atoms with Gasteiger partial charge in [-0.05, 0) is 68.8 Å². The zero-order valence-electron chi connectivity index (χ0n) is 40.2. The molecule has 1 aliphatic carbocycles. The summed E-state index contributed by atoms with van der Waals surface area (Å²) in [6.45, 7) is 14.0. The van der Waals surface area contributed by atoms with Gasteiger partial charge in [0.15, 0.2) is 0 Å². The van der Waals surface area contributed by atoms with Gasteiger partial charge in [0.05, 0.1) is 53.9 Å². The summed E-state index contributed by atoms with van der Waals surface area (Å²) in [5, 5.41) is 28.9. The van der Waals surface area contributed by atoms with E-state index in [1.165, 1.54) is 72.3 Å². The summed E-state index contributed by atoms with van der Waals surface area (Å²) in [6.07, 6.45) is 3.08. The highest BCUT2D eigenvalue weighted by molar-refractivity contribution is 6.34. The SMILES string of the molecule is COc1ccc(NC2=C3NC(=O)/C(C)=C\C=C\[C@H](C)[C@H](O)[C@@H](C)[C@H](O)[C@H](C)[C@H](OC(C)=O)[C@H](C)[C@@H](OC)/C=C/O[C@@]4(C)Oc5c(C)c(OC(=O)c6ccc(C)c(Cl)c6)c(c(c5C4=O)C2=O)C3=O)cc1. The summed E-state index contributed by atoms with van der Waals surface area (Å²) in [5.41, 5.74) is -1.33.